The van der Waals surface area contributed by atoms with Gasteiger partial charge in [0.15, 0.2) is 11.0 Å². The molecule has 0 fully saturated rings. The molecule has 0 unspecified atom stereocenters. The lowest BCUT2D eigenvalue weighted by Gasteiger charge is -2.13. The Morgan fingerprint density at radius 2 is 2.00 bits per heavy atom. The fourth-order valence-corrected chi connectivity index (χ4v) is 1.64. The van der Waals surface area contributed by atoms with Gasteiger partial charge in [-0.25, -0.2) is 9.97 Å². The van der Waals surface area contributed by atoms with Gasteiger partial charge in [0.1, 0.15) is 23.5 Å². The van der Waals surface area contributed by atoms with Gasteiger partial charge in [0, 0.05) is 6.07 Å². The zero-order valence-electron chi connectivity index (χ0n) is 10.5. The second kappa shape index (κ2) is 5.62. The Balaban J connectivity index is 2.35. The number of anilines is 3. The minimum atomic E-state index is 0.199. The number of rotatable bonds is 4. The lowest BCUT2D eigenvalue weighted by molar-refractivity contribution is 0.395. The number of ether oxygens (including phenoxy) is 2. The van der Waals surface area contributed by atoms with Crippen LogP contribution < -0.4 is 20.5 Å². The molecule has 0 saturated carbocycles. The fraction of sp³-hybridized carbons (Fsp3) is 0.167. The minimum absolute atomic E-state index is 0.199. The summed E-state index contributed by atoms with van der Waals surface area (Å²) < 4.78 is 10.4. The minimum Gasteiger partial charge on any atom is -0.497 e. The van der Waals surface area contributed by atoms with E-state index >= 15 is 0 Å². The van der Waals surface area contributed by atoms with Gasteiger partial charge in [-0.05, 0) is 12.1 Å². The Bertz CT molecular complexity index is 592. The Hall–Kier alpha value is -2.21. The number of nitrogens with two attached hydrogens (primary N) is 1. The summed E-state index contributed by atoms with van der Waals surface area (Å²) in [7, 11) is 3.15. The number of halogens is 1. The molecule has 1 aromatic carbocycles. The monoisotopic (exact) mass is 280 g/mol. The van der Waals surface area contributed by atoms with Gasteiger partial charge in [0.05, 0.1) is 19.9 Å². The zero-order chi connectivity index (χ0) is 13.8. The highest BCUT2D eigenvalue weighted by atomic mass is 35.5. The lowest BCUT2D eigenvalue weighted by Crippen LogP contribution is -2.02. The first kappa shape index (κ1) is 13.2. The van der Waals surface area contributed by atoms with Crippen LogP contribution in [0.4, 0.5) is 17.2 Å². The summed E-state index contributed by atoms with van der Waals surface area (Å²) in [5, 5.41) is 3.24. The second-order valence-electron chi connectivity index (χ2n) is 3.62. The summed E-state index contributed by atoms with van der Waals surface area (Å²) in [6.07, 6.45) is 1.33. The van der Waals surface area contributed by atoms with Crippen LogP contribution in [0.2, 0.25) is 5.15 Å². The van der Waals surface area contributed by atoms with Crippen molar-refractivity contribution in [1.82, 2.24) is 9.97 Å². The molecule has 1 aromatic heterocycles. The molecular formula is C12H13ClN4O2. The van der Waals surface area contributed by atoms with E-state index < -0.39 is 0 Å². The van der Waals surface area contributed by atoms with Crippen molar-refractivity contribution in [2.45, 2.75) is 0 Å². The van der Waals surface area contributed by atoms with Gasteiger partial charge in [-0.2, -0.15) is 0 Å². The number of hydrogen-bond acceptors (Lipinski definition) is 6. The maximum atomic E-state index is 5.83. The van der Waals surface area contributed by atoms with Crippen LogP contribution in [-0.2, 0) is 0 Å². The van der Waals surface area contributed by atoms with E-state index in [-0.39, 0.29) is 10.8 Å². The van der Waals surface area contributed by atoms with E-state index in [4.69, 9.17) is 26.8 Å². The SMILES string of the molecule is COc1ccc(Nc2ncnc(Cl)c2N)c(OC)c1. The van der Waals surface area contributed by atoms with Crippen molar-refractivity contribution in [2.75, 3.05) is 25.3 Å². The molecule has 0 atom stereocenters. The van der Waals surface area contributed by atoms with E-state index in [9.17, 15) is 0 Å². The molecule has 0 aliphatic carbocycles. The van der Waals surface area contributed by atoms with Crippen molar-refractivity contribution < 1.29 is 9.47 Å². The van der Waals surface area contributed by atoms with Crippen molar-refractivity contribution in [2.24, 2.45) is 0 Å². The smallest absolute Gasteiger partial charge is 0.158 e. The average Bonchev–Trinajstić information content (AvgIpc) is 2.44. The van der Waals surface area contributed by atoms with Gasteiger partial charge in [0.25, 0.3) is 0 Å². The number of methoxy groups -OCH3 is 2. The number of aromatic nitrogens is 2. The average molecular weight is 281 g/mol. The first-order valence-electron chi connectivity index (χ1n) is 5.40. The molecular weight excluding hydrogens is 268 g/mol. The van der Waals surface area contributed by atoms with Crippen LogP contribution in [0.3, 0.4) is 0 Å². The summed E-state index contributed by atoms with van der Waals surface area (Å²) in [6, 6.07) is 5.35. The van der Waals surface area contributed by atoms with Gasteiger partial charge in [-0.1, -0.05) is 11.6 Å². The third-order valence-corrected chi connectivity index (χ3v) is 2.80. The van der Waals surface area contributed by atoms with E-state index in [1.165, 1.54) is 6.33 Å². The Labute approximate surface area is 115 Å². The number of nitrogens with one attached hydrogen (secondary N) is 1. The number of nitrogens with zero attached hydrogens (tertiary/aromatic N) is 2. The molecule has 2 aromatic rings. The Morgan fingerprint density at radius 1 is 1.21 bits per heavy atom. The maximum absolute atomic E-state index is 5.83. The molecule has 7 heteroatoms. The lowest BCUT2D eigenvalue weighted by atomic mass is 10.2. The quantitative estimate of drug-likeness (QED) is 0.837. The van der Waals surface area contributed by atoms with Crippen LogP contribution in [0.25, 0.3) is 0 Å². The van der Waals surface area contributed by atoms with E-state index in [1.54, 1.807) is 32.4 Å². The number of nitrogen functional groups attached to an aromatic ring is 1. The van der Waals surface area contributed by atoms with Gasteiger partial charge >= 0.3 is 0 Å². The normalized spacial score (nSPS) is 10.1. The molecule has 0 aliphatic heterocycles. The van der Waals surface area contributed by atoms with Crippen LogP contribution in [0.15, 0.2) is 24.5 Å². The second-order valence-corrected chi connectivity index (χ2v) is 3.98. The van der Waals surface area contributed by atoms with Crippen molar-refractivity contribution in [3.05, 3.63) is 29.7 Å². The molecule has 0 amide bonds. The molecule has 0 bridgehead atoms. The molecule has 0 spiro atoms. The highest BCUT2D eigenvalue weighted by Gasteiger charge is 2.10. The Morgan fingerprint density at radius 3 is 2.68 bits per heavy atom. The topological polar surface area (TPSA) is 82.3 Å². The van der Waals surface area contributed by atoms with Crippen molar-refractivity contribution >= 4 is 28.8 Å². The van der Waals surface area contributed by atoms with Crippen LogP contribution in [-0.4, -0.2) is 24.2 Å². The third-order valence-electron chi connectivity index (χ3n) is 2.50. The van der Waals surface area contributed by atoms with E-state index in [2.05, 4.69) is 15.3 Å². The third kappa shape index (κ3) is 2.79. The Kier molecular flexibility index (Phi) is 3.91. The predicted octanol–water partition coefficient (Wildman–Crippen LogP) is 2.47. The van der Waals surface area contributed by atoms with Gasteiger partial charge in [-0.15, -0.1) is 0 Å². The van der Waals surface area contributed by atoms with Crippen LogP contribution in [0.5, 0.6) is 11.5 Å². The molecule has 2 rings (SSSR count). The predicted molar refractivity (Wildman–Crippen MR) is 74.3 cm³/mol. The van der Waals surface area contributed by atoms with Crippen molar-refractivity contribution in [3.63, 3.8) is 0 Å². The first-order valence-corrected chi connectivity index (χ1v) is 5.78. The molecule has 0 aliphatic rings. The largest absolute Gasteiger partial charge is 0.497 e. The summed E-state index contributed by atoms with van der Waals surface area (Å²) in [4.78, 5) is 7.82. The zero-order valence-corrected chi connectivity index (χ0v) is 11.2. The fourth-order valence-electron chi connectivity index (χ4n) is 1.50. The van der Waals surface area contributed by atoms with Gasteiger partial charge in [-0.3, -0.25) is 0 Å². The highest BCUT2D eigenvalue weighted by molar-refractivity contribution is 6.32. The van der Waals surface area contributed by atoms with Crippen LogP contribution in [0, 0.1) is 0 Å². The van der Waals surface area contributed by atoms with Crippen LogP contribution in [0.1, 0.15) is 0 Å². The molecule has 6 nitrogen and oxygen atoms in total. The molecule has 100 valence electrons. The molecule has 0 radical (unpaired) electrons. The number of hydrogen-bond donors (Lipinski definition) is 2. The van der Waals surface area contributed by atoms with Crippen molar-refractivity contribution in [1.29, 1.82) is 0 Å². The molecule has 1 heterocycles. The van der Waals surface area contributed by atoms with Crippen molar-refractivity contribution in [3.8, 4) is 11.5 Å². The molecule has 19 heavy (non-hydrogen) atoms. The van der Waals surface area contributed by atoms with E-state index in [0.29, 0.717) is 23.0 Å². The number of benzene rings is 1. The van der Waals surface area contributed by atoms with Gasteiger partial charge < -0.3 is 20.5 Å². The summed E-state index contributed by atoms with van der Waals surface area (Å²) in [6.45, 7) is 0. The first-order chi connectivity index (χ1) is 9.15. The molecule has 0 saturated heterocycles. The summed E-state index contributed by atoms with van der Waals surface area (Å²) in [5.74, 6) is 1.72. The van der Waals surface area contributed by atoms with E-state index in [1.807, 2.05) is 0 Å². The summed E-state index contributed by atoms with van der Waals surface area (Å²) >= 11 is 5.83. The van der Waals surface area contributed by atoms with E-state index in [0.717, 1.165) is 0 Å². The molecule has 3 N–H and O–H groups in total. The van der Waals surface area contributed by atoms with Crippen LogP contribution >= 0.6 is 11.6 Å². The summed E-state index contributed by atoms with van der Waals surface area (Å²) in [5.41, 5.74) is 6.77. The highest BCUT2D eigenvalue weighted by Crippen LogP contribution is 2.33. The standard InChI is InChI=1S/C12H13ClN4O2/c1-18-7-3-4-8(9(5-7)19-2)17-12-10(14)11(13)15-6-16-12/h3-6H,14H2,1-2H3,(H,15,16,17). The van der Waals surface area contributed by atoms with Gasteiger partial charge in [0.2, 0.25) is 0 Å². The maximum Gasteiger partial charge on any atom is 0.158 e.